The number of carbonyl (C=O) groups excluding carboxylic acids is 1. The highest BCUT2D eigenvalue weighted by Crippen LogP contribution is 2.29. The van der Waals surface area contributed by atoms with Gasteiger partial charge in [0.1, 0.15) is 0 Å². The van der Waals surface area contributed by atoms with E-state index >= 15 is 0 Å². The van der Waals surface area contributed by atoms with E-state index in [0.717, 1.165) is 11.1 Å². The normalized spacial score (nSPS) is 13.0. The fourth-order valence-electron chi connectivity index (χ4n) is 2.96. The van der Waals surface area contributed by atoms with Crippen LogP contribution in [0, 0.1) is 5.92 Å². The van der Waals surface area contributed by atoms with Gasteiger partial charge in [-0.2, -0.15) is 0 Å². The molecule has 0 aliphatic carbocycles. The van der Waals surface area contributed by atoms with E-state index in [4.69, 9.17) is 0 Å². The molecule has 0 aromatic heterocycles. The van der Waals surface area contributed by atoms with Crippen LogP contribution in [0.2, 0.25) is 0 Å². The zero-order valence-electron chi connectivity index (χ0n) is 16.9. The number of nitrogens with zero attached hydrogens (tertiary/aromatic N) is 1. The number of anilines is 1. The molecule has 6 nitrogen and oxygen atoms in total. The molecule has 2 aromatic carbocycles. The van der Waals surface area contributed by atoms with E-state index in [9.17, 15) is 13.2 Å². The van der Waals surface area contributed by atoms with E-state index in [2.05, 4.69) is 10.0 Å². The second kappa shape index (κ2) is 9.71. The Morgan fingerprint density at radius 2 is 1.79 bits per heavy atom. The van der Waals surface area contributed by atoms with Gasteiger partial charge in [-0.3, -0.25) is 4.79 Å². The number of amides is 1. The maximum Gasteiger partial charge on any atom is 0.241 e. The number of allylic oxidation sites excluding steroid dienone is 2. The number of carbonyl (C=O) groups is 1. The fourth-order valence-corrected chi connectivity index (χ4v) is 4.21. The average Bonchev–Trinajstić information content (AvgIpc) is 2.68. The van der Waals surface area contributed by atoms with Crippen LogP contribution in [0.1, 0.15) is 20.3 Å². The highest BCUT2D eigenvalue weighted by molar-refractivity contribution is 7.89. The molecular weight excluding hydrogens is 374 g/mol. The van der Waals surface area contributed by atoms with Gasteiger partial charge in [0, 0.05) is 49.6 Å². The van der Waals surface area contributed by atoms with Gasteiger partial charge in [0.05, 0.1) is 4.90 Å². The maximum atomic E-state index is 12.8. The molecule has 0 fully saturated rings. The Morgan fingerprint density at radius 1 is 1.11 bits per heavy atom. The zero-order chi connectivity index (χ0) is 20.7. The summed E-state index contributed by atoms with van der Waals surface area (Å²) in [5, 5.41) is 4.32. The SMILES string of the molecule is C/C=C\CC(C)C(=O)NCCNS(=O)(=O)c1cccc2c(N(C)C)cccc12. The maximum absolute atomic E-state index is 12.8. The highest BCUT2D eigenvalue weighted by Gasteiger charge is 2.18. The molecule has 2 N–H and O–H groups in total. The van der Waals surface area contributed by atoms with Gasteiger partial charge in [-0.15, -0.1) is 0 Å². The molecule has 2 rings (SSSR count). The molecule has 0 saturated carbocycles. The number of hydrogen-bond donors (Lipinski definition) is 2. The molecule has 1 amide bonds. The molecule has 152 valence electrons. The van der Waals surface area contributed by atoms with Crippen molar-refractivity contribution < 1.29 is 13.2 Å². The Morgan fingerprint density at radius 3 is 2.46 bits per heavy atom. The summed E-state index contributed by atoms with van der Waals surface area (Å²) in [5.41, 5.74) is 0.955. The summed E-state index contributed by atoms with van der Waals surface area (Å²) in [6.07, 6.45) is 4.51. The molecule has 0 radical (unpaired) electrons. The van der Waals surface area contributed by atoms with E-state index in [-0.39, 0.29) is 29.8 Å². The number of hydrogen-bond acceptors (Lipinski definition) is 4. The van der Waals surface area contributed by atoms with Crippen molar-refractivity contribution in [3.05, 3.63) is 48.6 Å². The molecule has 0 saturated heterocycles. The Hall–Kier alpha value is -2.38. The van der Waals surface area contributed by atoms with Crippen molar-refractivity contribution in [1.82, 2.24) is 10.0 Å². The van der Waals surface area contributed by atoms with Gasteiger partial charge in [-0.1, -0.05) is 43.3 Å². The van der Waals surface area contributed by atoms with E-state index < -0.39 is 10.0 Å². The van der Waals surface area contributed by atoms with E-state index in [1.165, 1.54) is 0 Å². The number of nitrogens with one attached hydrogen (secondary N) is 2. The topological polar surface area (TPSA) is 78.5 Å². The molecule has 0 bridgehead atoms. The molecule has 0 heterocycles. The van der Waals surface area contributed by atoms with Gasteiger partial charge >= 0.3 is 0 Å². The standard InChI is InChI=1S/C21H29N3O3S/c1-5-6-9-16(2)21(25)22-14-15-23-28(26,27)20-13-8-10-17-18(20)11-7-12-19(17)24(3)4/h5-8,10-13,16,23H,9,14-15H2,1-4H3,(H,22,25)/b6-5-. The molecule has 28 heavy (non-hydrogen) atoms. The summed E-state index contributed by atoms with van der Waals surface area (Å²) in [5.74, 6) is -0.228. The number of sulfonamides is 1. The van der Waals surface area contributed by atoms with Crippen LogP contribution in [-0.4, -0.2) is 41.5 Å². The lowest BCUT2D eigenvalue weighted by Crippen LogP contribution is -2.36. The first-order valence-corrected chi connectivity index (χ1v) is 10.8. The molecule has 0 aliphatic heterocycles. The molecular formula is C21H29N3O3S. The quantitative estimate of drug-likeness (QED) is 0.498. The second-order valence-corrected chi connectivity index (χ2v) is 8.65. The molecule has 0 aliphatic rings. The second-order valence-electron chi connectivity index (χ2n) is 6.92. The Labute approximate surface area is 167 Å². The lowest BCUT2D eigenvalue weighted by molar-refractivity contribution is -0.124. The largest absolute Gasteiger partial charge is 0.377 e. The van der Waals surface area contributed by atoms with Gasteiger partial charge in [0.25, 0.3) is 0 Å². The predicted molar refractivity (Wildman–Crippen MR) is 115 cm³/mol. The van der Waals surface area contributed by atoms with Crippen molar-refractivity contribution in [3.8, 4) is 0 Å². The molecule has 0 spiro atoms. The number of rotatable bonds is 9. The average molecular weight is 404 g/mol. The smallest absolute Gasteiger partial charge is 0.241 e. The summed E-state index contributed by atoms with van der Waals surface area (Å²) in [6, 6.07) is 10.9. The van der Waals surface area contributed by atoms with Gasteiger partial charge in [0.15, 0.2) is 0 Å². The minimum Gasteiger partial charge on any atom is -0.377 e. The monoisotopic (exact) mass is 403 g/mol. The van der Waals surface area contributed by atoms with Crippen LogP contribution in [0.25, 0.3) is 10.8 Å². The van der Waals surface area contributed by atoms with Crippen molar-refractivity contribution in [2.75, 3.05) is 32.1 Å². The zero-order valence-corrected chi connectivity index (χ0v) is 17.7. The summed E-state index contributed by atoms with van der Waals surface area (Å²) < 4.78 is 28.2. The van der Waals surface area contributed by atoms with Crippen molar-refractivity contribution >= 4 is 32.4 Å². The minimum absolute atomic E-state index is 0.0851. The Balaban J connectivity index is 2.07. The van der Waals surface area contributed by atoms with Crippen LogP contribution >= 0.6 is 0 Å². The lowest BCUT2D eigenvalue weighted by atomic mass is 10.1. The third-order valence-electron chi connectivity index (χ3n) is 4.52. The van der Waals surface area contributed by atoms with Crippen molar-refractivity contribution in [3.63, 3.8) is 0 Å². The van der Waals surface area contributed by atoms with Crippen molar-refractivity contribution in [2.45, 2.75) is 25.2 Å². The third-order valence-corrected chi connectivity index (χ3v) is 6.04. The van der Waals surface area contributed by atoms with Crippen LogP contribution in [-0.2, 0) is 14.8 Å². The van der Waals surface area contributed by atoms with Crippen LogP contribution in [0.5, 0.6) is 0 Å². The van der Waals surface area contributed by atoms with E-state index in [1.807, 2.05) is 69.3 Å². The molecule has 2 aromatic rings. The summed E-state index contributed by atoms with van der Waals surface area (Å²) in [6.45, 7) is 4.13. The van der Waals surface area contributed by atoms with Crippen LogP contribution in [0.3, 0.4) is 0 Å². The number of fused-ring (bicyclic) bond motifs is 1. The van der Waals surface area contributed by atoms with Crippen LogP contribution in [0.4, 0.5) is 5.69 Å². The fraction of sp³-hybridized carbons (Fsp3) is 0.381. The first-order chi connectivity index (χ1) is 13.3. The van der Waals surface area contributed by atoms with Gasteiger partial charge in [0.2, 0.25) is 15.9 Å². The third kappa shape index (κ3) is 5.33. The lowest BCUT2D eigenvalue weighted by Gasteiger charge is -2.17. The van der Waals surface area contributed by atoms with Crippen LogP contribution in [0.15, 0.2) is 53.4 Å². The van der Waals surface area contributed by atoms with Gasteiger partial charge in [-0.25, -0.2) is 13.1 Å². The highest BCUT2D eigenvalue weighted by atomic mass is 32.2. The summed E-state index contributed by atoms with van der Waals surface area (Å²) in [7, 11) is 0.157. The van der Waals surface area contributed by atoms with Gasteiger partial charge < -0.3 is 10.2 Å². The Kier molecular flexibility index (Phi) is 7.60. The molecule has 1 atom stereocenters. The molecule has 7 heteroatoms. The summed E-state index contributed by atoms with van der Waals surface area (Å²) >= 11 is 0. The summed E-state index contributed by atoms with van der Waals surface area (Å²) in [4.78, 5) is 14.2. The van der Waals surface area contributed by atoms with Gasteiger partial charge in [-0.05, 0) is 25.5 Å². The Bertz CT molecular complexity index is 953. The van der Waals surface area contributed by atoms with Crippen LogP contribution < -0.4 is 14.9 Å². The first-order valence-electron chi connectivity index (χ1n) is 9.35. The first kappa shape index (κ1) is 21.9. The van der Waals surface area contributed by atoms with E-state index in [1.54, 1.807) is 12.1 Å². The van der Waals surface area contributed by atoms with Crippen molar-refractivity contribution in [2.24, 2.45) is 5.92 Å². The number of benzene rings is 2. The molecule has 1 unspecified atom stereocenters. The van der Waals surface area contributed by atoms with Crippen molar-refractivity contribution in [1.29, 1.82) is 0 Å². The predicted octanol–water partition coefficient (Wildman–Crippen LogP) is 2.90. The van der Waals surface area contributed by atoms with E-state index in [0.29, 0.717) is 11.8 Å². The minimum atomic E-state index is -3.69.